The number of aromatic nitrogens is 2. The van der Waals surface area contributed by atoms with Gasteiger partial charge in [0.1, 0.15) is 4.90 Å². The lowest BCUT2D eigenvalue weighted by Crippen LogP contribution is -2.48. The summed E-state index contributed by atoms with van der Waals surface area (Å²) in [6.45, 7) is 5.15. The van der Waals surface area contributed by atoms with Crippen molar-refractivity contribution >= 4 is 21.6 Å². The Labute approximate surface area is 187 Å². The molecule has 0 saturated carbocycles. The highest BCUT2D eigenvalue weighted by molar-refractivity contribution is 7.89. The minimum Gasteiger partial charge on any atom is -0.339 e. The predicted octanol–water partition coefficient (Wildman–Crippen LogP) is 3.64. The molecule has 0 spiro atoms. The van der Waals surface area contributed by atoms with Crippen LogP contribution in [0.4, 0.5) is 0 Å². The number of benzene rings is 2. The standard InChI is InChI=1S/C22H25ClN4O3S/c1-17-8-10-18(11-9-17)22-24-21(30-25-22)7-4-12-26-13-15-27(16-14-26)31(28,29)20-6-3-2-5-19(20)23/h2-3,5-6,8-11H,4,7,12-16H2,1H3. The van der Waals surface area contributed by atoms with Crippen molar-refractivity contribution in [1.82, 2.24) is 19.3 Å². The second-order valence-corrected chi connectivity index (χ2v) is 9.97. The Kier molecular flexibility index (Phi) is 6.71. The van der Waals surface area contributed by atoms with E-state index >= 15 is 0 Å². The third kappa shape index (κ3) is 5.15. The second-order valence-electron chi connectivity index (χ2n) is 7.66. The first kappa shape index (κ1) is 22.0. The zero-order valence-electron chi connectivity index (χ0n) is 17.4. The van der Waals surface area contributed by atoms with Crippen LogP contribution in [0.15, 0.2) is 57.9 Å². The third-order valence-corrected chi connectivity index (χ3v) is 7.83. The molecule has 31 heavy (non-hydrogen) atoms. The van der Waals surface area contributed by atoms with E-state index in [2.05, 4.69) is 15.0 Å². The molecule has 1 aliphatic rings. The first-order valence-electron chi connectivity index (χ1n) is 10.3. The van der Waals surface area contributed by atoms with Crippen LogP contribution in [-0.4, -0.2) is 60.5 Å². The number of hydrogen-bond acceptors (Lipinski definition) is 6. The molecule has 0 amide bonds. The summed E-state index contributed by atoms with van der Waals surface area (Å²) >= 11 is 6.09. The molecule has 0 atom stereocenters. The largest absolute Gasteiger partial charge is 0.339 e. The van der Waals surface area contributed by atoms with Crippen LogP contribution in [0, 0.1) is 6.92 Å². The van der Waals surface area contributed by atoms with E-state index in [0.29, 0.717) is 44.3 Å². The molecule has 164 valence electrons. The van der Waals surface area contributed by atoms with Gasteiger partial charge in [-0.2, -0.15) is 9.29 Å². The summed E-state index contributed by atoms with van der Waals surface area (Å²) in [6, 6.07) is 14.6. The minimum absolute atomic E-state index is 0.172. The van der Waals surface area contributed by atoms with Crippen LogP contribution in [0.1, 0.15) is 17.9 Å². The van der Waals surface area contributed by atoms with Crippen molar-refractivity contribution in [2.75, 3.05) is 32.7 Å². The minimum atomic E-state index is -3.56. The fraction of sp³-hybridized carbons (Fsp3) is 0.364. The summed E-state index contributed by atoms with van der Waals surface area (Å²) < 4.78 is 32.6. The maximum Gasteiger partial charge on any atom is 0.244 e. The monoisotopic (exact) mass is 460 g/mol. The topological polar surface area (TPSA) is 79.5 Å². The first-order valence-corrected chi connectivity index (χ1v) is 12.1. The summed E-state index contributed by atoms with van der Waals surface area (Å²) in [4.78, 5) is 6.91. The fourth-order valence-corrected chi connectivity index (χ4v) is 5.53. The molecule has 2 aromatic carbocycles. The smallest absolute Gasteiger partial charge is 0.244 e. The summed E-state index contributed by atoms with van der Waals surface area (Å²) in [5.41, 5.74) is 2.13. The van der Waals surface area contributed by atoms with Crippen LogP contribution >= 0.6 is 11.6 Å². The average molecular weight is 461 g/mol. The highest BCUT2D eigenvalue weighted by Gasteiger charge is 2.29. The summed E-state index contributed by atoms with van der Waals surface area (Å²) in [6.07, 6.45) is 1.56. The number of nitrogens with zero attached hydrogens (tertiary/aromatic N) is 4. The van der Waals surface area contributed by atoms with Gasteiger partial charge in [-0.25, -0.2) is 8.42 Å². The van der Waals surface area contributed by atoms with Gasteiger partial charge in [0.2, 0.25) is 21.7 Å². The van der Waals surface area contributed by atoms with E-state index in [-0.39, 0.29) is 9.92 Å². The van der Waals surface area contributed by atoms with E-state index in [4.69, 9.17) is 16.1 Å². The van der Waals surface area contributed by atoms with Crippen molar-refractivity contribution < 1.29 is 12.9 Å². The lowest BCUT2D eigenvalue weighted by Gasteiger charge is -2.34. The lowest BCUT2D eigenvalue weighted by molar-refractivity contribution is 0.185. The Hall–Kier alpha value is -2.26. The van der Waals surface area contributed by atoms with Gasteiger partial charge in [0.25, 0.3) is 0 Å². The fourth-order valence-electron chi connectivity index (χ4n) is 3.62. The van der Waals surface area contributed by atoms with Crippen LogP contribution in [0.3, 0.4) is 0 Å². The highest BCUT2D eigenvalue weighted by Crippen LogP contribution is 2.25. The van der Waals surface area contributed by atoms with Crippen LogP contribution in [0.2, 0.25) is 5.02 Å². The third-order valence-electron chi connectivity index (χ3n) is 5.43. The number of rotatable bonds is 7. The Morgan fingerprint density at radius 2 is 1.74 bits per heavy atom. The van der Waals surface area contributed by atoms with Crippen molar-refractivity contribution in [3.05, 3.63) is 65.0 Å². The lowest BCUT2D eigenvalue weighted by atomic mass is 10.1. The van der Waals surface area contributed by atoms with Gasteiger partial charge in [-0.1, -0.05) is 58.7 Å². The van der Waals surface area contributed by atoms with E-state index in [1.807, 2.05) is 31.2 Å². The zero-order valence-corrected chi connectivity index (χ0v) is 18.9. The summed E-state index contributed by atoms with van der Waals surface area (Å²) in [5, 5.41) is 4.33. The van der Waals surface area contributed by atoms with E-state index in [0.717, 1.165) is 18.5 Å². The van der Waals surface area contributed by atoms with Gasteiger partial charge in [-0.3, -0.25) is 0 Å². The summed E-state index contributed by atoms with van der Waals surface area (Å²) in [5.74, 6) is 1.23. The van der Waals surface area contributed by atoms with Crippen molar-refractivity contribution in [1.29, 1.82) is 0 Å². The van der Waals surface area contributed by atoms with E-state index < -0.39 is 10.0 Å². The molecule has 0 aliphatic carbocycles. The van der Waals surface area contributed by atoms with Crippen molar-refractivity contribution in [2.24, 2.45) is 0 Å². The predicted molar refractivity (Wildman–Crippen MR) is 119 cm³/mol. The Morgan fingerprint density at radius 3 is 2.45 bits per heavy atom. The molecule has 3 aromatic rings. The molecule has 0 bridgehead atoms. The molecule has 0 radical (unpaired) electrons. The van der Waals surface area contributed by atoms with Crippen LogP contribution in [-0.2, 0) is 16.4 Å². The Bertz CT molecular complexity index is 1120. The molecule has 1 aromatic heterocycles. The van der Waals surface area contributed by atoms with Crippen molar-refractivity contribution in [3.63, 3.8) is 0 Å². The Balaban J connectivity index is 1.26. The van der Waals surface area contributed by atoms with Crippen LogP contribution in [0.25, 0.3) is 11.4 Å². The molecule has 7 nitrogen and oxygen atoms in total. The molecule has 0 unspecified atom stereocenters. The molecule has 1 saturated heterocycles. The molecule has 9 heteroatoms. The SMILES string of the molecule is Cc1ccc(-c2noc(CCCN3CCN(S(=O)(=O)c4ccccc4Cl)CC3)n2)cc1. The summed E-state index contributed by atoms with van der Waals surface area (Å²) in [7, 11) is -3.56. The maximum atomic E-state index is 12.8. The van der Waals surface area contributed by atoms with E-state index in [1.54, 1.807) is 24.3 Å². The van der Waals surface area contributed by atoms with Crippen LogP contribution < -0.4 is 0 Å². The van der Waals surface area contributed by atoms with Gasteiger partial charge in [0, 0.05) is 38.2 Å². The number of piperazine rings is 1. The number of hydrogen-bond donors (Lipinski definition) is 0. The molecule has 4 rings (SSSR count). The van der Waals surface area contributed by atoms with Gasteiger partial charge in [-0.05, 0) is 32.0 Å². The molecule has 0 N–H and O–H groups in total. The maximum absolute atomic E-state index is 12.8. The van der Waals surface area contributed by atoms with E-state index in [1.165, 1.54) is 9.87 Å². The average Bonchev–Trinajstić information content (AvgIpc) is 3.24. The molecule has 1 aliphatic heterocycles. The van der Waals surface area contributed by atoms with Crippen molar-refractivity contribution in [3.8, 4) is 11.4 Å². The van der Waals surface area contributed by atoms with Gasteiger partial charge in [0.15, 0.2) is 0 Å². The number of halogens is 1. The highest BCUT2D eigenvalue weighted by atomic mass is 35.5. The molecule has 1 fully saturated rings. The second kappa shape index (κ2) is 9.48. The zero-order chi connectivity index (χ0) is 21.8. The van der Waals surface area contributed by atoms with Crippen molar-refractivity contribution in [2.45, 2.75) is 24.7 Å². The normalized spacial score (nSPS) is 15.9. The first-order chi connectivity index (χ1) is 14.9. The number of sulfonamides is 1. The molecular formula is C22H25ClN4O3S. The van der Waals surface area contributed by atoms with Gasteiger partial charge in [-0.15, -0.1) is 0 Å². The van der Waals surface area contributed by atoms with E-state index in [9.17, 15) is 8.42 Å². The van der Waals surface area contributed by atoms with Gasteiger partial charge in [0.05, 0.1) is 5.02 Å². The van der Waals surface area contributed by atoms with Crippen LogP contribution in [0.5, 0.6) is 0 Å². The van der Waals surface area contributed by atoms with Gasteiger partial charge < -0.3 is 9.42 Å². The molecular weight excluding hydrogens is 436 g/mol. The molecule has 2 heterocycles. The Morgan fingerprint density at radius 1 is 1.03 bits per heavy atom. The van der Waals surface area contributed by atoms with Gasteiger partial charge >= 0.3 is 0 Å². The number of aryl methyl sites for hydroxylation is 2. The quantitative estimate of drug-likeness (QED) is 0.535.